The molecule has 0 saturated carbocycles. The second-order valence-electron chi connectivity index (χ2n) is 19.4. The molecule has 2 aliphatic heterocycles. The fourth-order valence-corrected chi connectivity index (χ4v) is 10.5. The molecule has 0 unspecified atom stereocenters. The number of aromatic amines is 2. The van der Waals surface area contributed by atoms with Crippen LogP contribution in [0.2, 0.25) is 0 Å². The van der Waals surface area contributed by atoms with Crippen LogP contribution in [0.3, 0.4) is 0 Å². The van der Waals surface area contributed by atoms with Crippen molar-refractivity contribution in [2.75, 3.05) is 14.2 Å². The number of aryl methyl sites for hydroxylation is 4. The summed E-state index contributed by atoms with van der Waals surface area (Å²) in [6.07, 6.45) is 8.10. The lowest BCUT2D eigenvalue weighted by Gasteiger charge is -2.14. The Morgan fingerprint density at radius 2 is 0.773 bits per heavy atom. The molecule has 8 bridgehead atoms. The van der Waals surface area contributed by atoms with Crippen LogP contribution in [-0.2, 0) is 0 Å². The largest absolute Gasteiger partial charge is 0.497 e. The Kier molecular flexibility index (Phi) is 11.6. The van der Waals surface area contributed by atoms with Crippen molar-refractivity contribution in [3.8, 4) is 78.3 Å². The quantitative estimate of drug-likeness (QED) is 0.110. The first-order valence-electron chi connectivity index (χ1n) is 24.9. The van der Waals surface area contributed by atoms with Crippen molar-refractivity contribution >= 4 is 62.8 Å². The average molecular weight is 978 g/mol. The first-order chi connectivity index (χ1) is 36.5. The minimum atomic E-state index is -0.308. The zero-order valence-corrected chi connectivity index (χ0v) is 42.4. The molecule has 3 aromatic heterocycles. The highest BCUT2D eigenvalue weighted by Crippen LogP contribution is 2.47. The maximum Gasteiger partial charge on any atom is 0.295 e. The van der Waals surface area contributed by atoms with Gasteiger partial charge >= 0.3 is 0 Å². The van der Waals surface area contributed by atoms with Gasteiger partial charge in [-0.25, -0.2) is 9.97 Å². The molecule has 12 rings (SSSR count). The average Bonchev–Trinajstić information content (AvgIpc) is 4.30. The van der Waals surface area contributed by atoms with Gasteiger partial charge in [-0.2, -0.15) is 0 Å². The normalized spacial score (nSPS) is 11.9. The van der Waals surface area contributed by atoms with Crippen molar-refractivity contribution in [2.24, 2.45) is 0 Å². The number of hydrogen-bond donors (Lipinski definition) is 2. The van der Waals surface area contributed by atoms with Gasteiger partial charge in [-0.15, -0.1) is 0 Å². The number of ether oxygens (including phenoxy) is 2. The van der Waals surface area contributed by atoms with E-state index in [2.05, 4.69) is 139 Å². The van der Waals surface area contributed by atoms with E-state index < -0.39 is 0 Å². The summed E-state index contributed by atoms with van der Waals surface area (Å²) in [5, 5.41) is 15.4. The van der Waals surface area contributed by atoms with E-state index in [9.17, 15) is 10.1 Å². The molecular formula is C66H51N5O4. The smallest absolute Gasteiger partial charge is 0.295 e. The van der Waals surface area contributed by atoms with Crippen molar-refractivity contribution < 1.29 is 14.4 Å². The molecule has 7 aromatic carbocycles. The van der Waals surface area contributed by atoms with Crippen molar-refractivity contribution in [3.05, 3.63) is 219 Å². The van der Waals surface area contributed by atoms with Crippen LogP contribution in [-0.4, -0.2) is 39.1 Å². The number of nitro groups is 1. The molecular weight excluding hydrogens is 927 g/mol. The monoisotopic (exact) mass is 977 g/mol. The highest BCUT2D eigenvalue weighted by Gasteiger charge is 2.26. The molecule has 75 heavy (non-hydrogen) atoms. The lowest BCUT2D eigenvalue weighted by atomic mass is 9.90. The van der Waals surface area contributed by atoms with Crippen molar-refractivity contribution in [1.29, 1.82) is 0 Å². The molecule has 2 N–H and O–H groups in total. The first kappa shape index (κ1) is 46.5. The Balaban J connectivity index is 1.36. The molecule has 0 fully saturated rings. The van der Waals surface area contributed by atoms with E-state index in [-0.39, 0.29) is 10.6 Å². The summed E-state index contributed by atoms with van der Waals surface area (Å²) < 4.78 is 11.7. The van der Waals surface area contributed by atoms with Gasteiger partial charge in [-0.05, 0) is 133 Å². The van der Waals surface area contributed by atoms with E-state index in [4.69, 9.17) is 19.4 Å². The molecule has 0 atom stereocenters. The third-order valence-corrected chi connectivity index (χ3v) is 14.4. The molecule has 0 radical (unpaired) electrons. The Morgan fingerprint density at radius 3 is 1.15 bits per heavy atom. The molecule has 5 heterocycles. The number of fused-ring (bicyclic) bond motifs is 11. The fraction of sp³-hybridized carbons (Fsp3) is 0.0909. The number of H-pyrrole nitrogens is 2. The summed E-state index contributed by atoms with van der Waals surface area (Å²) in [6, 6.07) is 56.0. The number of nitrogens with one attached hydrogen (secondary N) is 2. The molecule has 0 aliphatic carbocycles. The molecule has 0 amide bonds. The van der Waals surface area contributed by atoms with Crippen LogP contribution in [0.1, 0.15) is 45.0 Å². The van der Waals surface area contributed by atoms with Gasteiger partial charge in [0.1, 0.15) is 17.0 Å². The summed E-state index contributed by atoms with van der Waals surface area (Å²) in [5.41, 5.74) is 20.1. The van der Waals surface area contributed by atoms with Gasteiger partial charge in [0, 0.05) is 39.1 Å². The van der Waals surface area contributed by atoms with E-state index in [1.807, 2.05) is 80.6 Å². The minimum Gasteiger partial charge on any atom is -0.497 e. The van der Waals surface area contributed by atoms with Crippen LogP contribution in [0, 0.1) is 37.8 Å². The van der Waals surface area contributed by atoms with Gasteiger partial charge in [-0.3, -0.25) is 10.1 Å². The van der Waals surface area contributed by atoms with E-state index in [0.717, 1.165) is 122 Å². The van der Waals surface area contributed by atoms with Crippen molar-refractivity contribution in [1.82, 2.24) is 19.9 Å². The third kappa shape index (κ3) is 8.44. The maximum atomic E-state index is 13.5. The van der Waals surface area contributed by atoms with Gasteiger partial charge in [0.15, 0.2) is 0 Å². The number of benzene rings is 7. The van der Waals surface area contributed by atoms with Gasteiger partial charge < -0.3 is 19.4 Å². The Labute approximate surface area is 434 Å². The topological polar surface area (TPSA) is 119 Å². The summed E-state index contributed by atoms with van der Waals surface area (Å²) in [7, 11) is 3.38. The van der Waals surface area contributed by atoms with E-state index >= 15 is 0 Å². The lowest BCUT2D eigenvalue weighted by molar-refractivity contribution is -0.382. The van der Waals surface area contributed by atoms with Gasteiger partial charge in [0.05, 0.1) is 58.5 Å². The van der Waals surface area contributed by atoms with Crippen molar-refractivity contribution in [2.45, 2.75) is 27.7 Å². The SMILES string of the molecule is COc1cccc(-c2cc3c4[nH]c(c(-c5ccc(C)cc5)c5nc(c(-c6ccc(C)cc6)c6[nH]c(cc6[N+](=O)[O-])c(-c6ccc(C)cc6)c6nc(c4-c4ccc(C)cc4)C=C6)C=C5)c3cc2-c2cccc(OC)c2)c1. The van der Waals surface area contributed by atoms with E-state index in [0.29, 0.717) is 33.7 Å². The maximum absolute atomic E-state index is 13.5. The van der Waals surface area contributed by atoms with Crippen LogP contribution in [0.15, 0.2) is 164 Å². The highest BCUT2D eigenvalue weighted by atomic mass is 16.6. The van der Waals surface area contributed by atoms with E-state index in [1.165, 1.54) is 0 Å². The van der Waals surface area contributed by atoms with Crippen LogP contribution >= 0.6 is 0 Å². The molecule has 9 nitrogen and oxygen atoms in total. The second-order valence-corrected chi connectivity index (χ2v) is 19.4. The minimum absolute atomic E-state index is 0.0722. The number of rotatable bonds is 9. The van der Waals surface area contributed by atoms with Crippen LogP contribution in [0.5, 0.6) is 11.5 Å². The Hall–Kier alpha value is -9.60. The third-order valence-electron chi connectivity index (χ3n) is 14.4. The zero-order valence-electron chi connectivity index (χ0n) is 42.4. The molecule has 0 saturated heterocycles. The van der Waals surface area contributed by atoms with Crippen LogP contribution < -0.4 is 9.47 Å². The molecule has 9 heteroatoms. The van der Waals surface area contributed by atoms with Crippen LogP contribution in [0.25, 0.3) is 124 Å². The molecule has 10 aromatic rings. The number of hydrogen-bond acceptors (Lipinski definition) is 6. The zero-order chi connectivity index (χ0) is 51.5. The molecule has 364 valence electrons. The van der Waals surface area contributed by atoms with Gasteiger partial charge in [0.2, 0.25) is 0 Å². The van der Waals surface area contributed by atoms with Gasteiger partial charge in [-0.1, -0.05) is 144 Å². The van der Waals surface area contributed by atoms with Crippen molar-refractivity contribution in [3.63, 3.8) is 0 Å². The standard InChI is InChI=1S/C66H51N5O4/c1-38-13-21-42(22-14-38)60-54-29-30-55(67-54)61(43-23-15-39(2)16-24-43)64-52-35-50(46-9-7-11-48(33-46)74-5)51(47-10-8-12-49(34-47)75-6)36-53(52)65(70-64)62(44-25-17-40(3)18-26-44)56-31-32-57(68-56)63(45-27-19-41(4)20-28-45)66-59(71(72)73)37-58(60)69-66/h7-37,69-70H,1-6H3. The number of nitrogens with zero attached hydrogens (tertiary/aromatic N) is 3. The second kappa shape index (κ2) is 18.8. The summed E-state index contributed by atoms with van der Waals surface area (Å²) >= 11 is 0. The molecule has 2 aliphatic rings. The lowest BCUT2D eigenvalue weighted by Crippen LogP contribution is -1.91. The first-order valence-corrected chi connectivity index (χ1v) is 24.9. The Bertz CT molecular complexity index is 4180. The summed E-state index contributed by atoms with van der Waals surface area (Å²) in [4.78, 5) is 32.0. The summed E-state index contributed by atoms with van der Waals surface area (Å²) in [5.74, 6) is 1.48. The van der Waals surface area contributed by atoms with Crippen LogP contribution in [0.4, 0.5) is 5.69 Å². The predicted octanol–water partition coefficient (Wildman–Crippen LogP) is 17.0. The van der Waals surface area contributed by atoms with E-state index in [1.54, 1.807) is 20.3 Å². The molecule has 0 spiro atoms. The fourth-order valence-electron chi connectivity index (χ4n) is 10.5. The number of methoxy groups -OCH3 is 2. The predicted molar refractivity (Wildman–Crippen MR) is 308 cm³/mol. The number of aromatic nitrogens is 4. The van der Waals surface area contributed by atoms with Gasteiger partial charge in [0.25, 0.3) is 5.69 Å². The summed E-state index contributed by atoms with van der Waals surface area (Å²) in [6.45, 7) is 8.26. The Morgan fingerprint density at radius 1 is 0.413 bits per heavy atom. The highest BCUT2D eigenvalue weighted by molar-refractivity contribution is 6.19.